The van der Waals surface area contributed by atoms with Crippen LogP contribution in [0, 0.1) is 0 Å². The van der Waals surface area contributed by atoms with E-state index in [1.807, 2.05) is 18.9 Å². The van der Waals surface area contributed by atoms with Crippen LogP contribution in [0.1, 0.15) is 26.7 Å². The summed E-state index contributed by atoms with van der Waals surface area (Å²) in [5, 5.41) is 6.15. The van der Waals surface area contributed by atoms with Crippen LogP contribution in [-0.4, -0.2) is 49.1 Å². The fraction of sp³-hybridized carbons (Fsp3) is 0.818. The first-order valence-corrected chi connectivity index (χ1v) is 5.95. The third kappa shape index (κ3) is 5.07. The Balaban J connectivity index is 2.57. The number of nitrogens with zero attached hydrogens (tertiary/aromatic N) is 2. The highest BCUT2D eigenvalue weighted by atomic mass is 19.3. The van der Waals surface area contributed by atoms with Gasteiger partial charge in [0.05, 0.1) is 7.11 Å². The summed E-state index contributed by atoms with van der Waals surface area (Å²) < 4.78 is 28.3. The zero-order chi connectivity index (χ0) is 14.4. The average Bonchev–Trinajstić information content (AvgIpc) is 2.82. The number of hydrogen-bond donors (Lipinski definition) is 0. The Hall–Kier alpha value is -1.28. The number of halogens is 2. The van der Waals surface area contributed by atoms with E-state index in [1.54, 1.807) is 0 Å². The van der Waals surface area contributed by atoms with Crippen molar-refractivity contribution >= 4 is 11.7 Å². The molecule has 0 amide bonds. The van der Waals surface area contributed by atoms with Crippen LogP contribution in [0.4, 0.5) is 8.78 Å². The largest absolute Gasteiger partial charge is 0.467 e. The first-order valence-electron chi connectivity index (χ1n) is 5.95. The summed E-state index contributed by atoms with van der Waals surface area (Å²) in [5.41, 5.74) is 0.696. The van der Waals surface area contributed by atoms with Gasteiger partial charge in [-0.3, -0.25) is 5.01 Å². The zero-order valence-corrected chi connectivity index (χ0v) is 11.1. The molecule has 0 N–H and O–H groups in total. The average molecular weight is 280 g/mol. The molecule has 0 fully saturated rings. The molecule has 6 nitrogen and oxygen atoms in total. The summed E-state index contributed by atoms with van der Waals surface area (Å²) in [7, 11) is 1.15. The standard InChI is InChI=1S/C11H18F2N2O4/c1-7(2)15-5-4-8(14-15)6-9(10(16)17-3)18-19-11(12)13/h7,9,11H,4-6H2,1-3H3. The highest BCUT2D eigenvalue weighted by Gasteiger charge is 2.28. The fourth-order valence-electron chi connectivity index (χ4n) is 1.65. The van der Waals surface area contributed by atoms with Crippen LogP contribution in [0.25, 0.3) is 0 Å². The van der Waals surface area contributed by atoms with Crippen molar-refractivity contribution in [3.05, 3.63) is 0 Å². The van der Waals surface area contributed by atoms with Crippen molar-refractivity contribution in [3.63, 3.8) is 0 Å². The van der Waals surface area contributed by atoms with Crippen molar-refractivity contribution in [1.82, 2.24) is 5.01 Å². The van der Waals surface area contributed by atoms with Crippen molar-refractivity contribution in [2.75, 3.05) is 13.7 Å². The SMILES string of the molecule is COC(=O)C(CC1=NN(C(C)C)CC1)OOC(F)F. The third-order valence-electron chi connectivity index (χ3n) is 2.62. The van der Waals surface area contributed by atoms with Gasteiger partial charge in [-0.15, -0.1) is 0 Å². The van der Waals surface area contributed by atoms with Crippen LogP contribution in [0.5, 0.6) is 0 Å². The summed E-state index contributed by atoms with van der Waals surface area (Å²) in [6.07, 6.45) is -0.503. The molecule has 1 atom stereocenters. The fourth-order valence-corrected chi connectivity index (χ4v) is 1.65. The zero-order valence-electron chi connectivity index (χ0n) is 11.1. The molecule has 1 heterocycles. The summed E-state index contributed by atoms with van der Waals surface area (Å²) in [4.78, 5) is 19.5. The highest BCUT2D eigenvalue weighted by molar-refractivity contribution is 5.90. The van der Waals surface area contributed by atoms with Crippen molar-refractivity contribution in [3.8, 4) is 0 Å². The van der Waals surface area contributed by atoms with Crippen molar-refractivity contribution < 1.29 is 28.1 Å². The van der Waals surface area contributed by atoms with E-state index in [0.29, 0.717) is 12.1 Å². The Bertz CT molecular complexity index is 337. The molecule has 19 heavy (non-hydrogen) atoms. The molecule has 0 saturated heterocycles. The highest BCUT2D eigenvalue weighted by Crippen LogP contribution is 2.16. The van der Waals surface area contributed by atoms with E-state index in [9.17, 15) is 13.6 Å². The molecule has 0 aromatic carbocycles. The normalized spacial score (nSPS) is 17.0. The van der Waals surface area contributed by atoms with Crippen molar-refractivity contribution in [2.24, 2.45) is 5.10 Å². The van der Waals surface area contributed by atoms with Gasteiger partial charge in [0.2, 0.25) is 0 Å². The van der Waals surface area contributed by atoms with Crippen LogP contribution in [0.3, 0.4) is 0 Å². The minimum Gasteiger partial charge on any atom is -0.467 e. The lowest BCUT2D eigenvalue weighted by Crippen LogP contribution is -2.29. The van der Waals surface area contributed by atoms with E-state index < -0.39 is 18.7 Å². The molecule has 1 unspecified atom stereocenters. The van der Waals surface area contributed by atoms with Gasteiger partial charge in [-0.2, -0.15) is 18.8 Å². The number of methoxy groups -OCH3 is 1. The second kappa shape index (κ2) is 7.34. The number of carbonyl (C=O) groups excluding carboxylic acids is 1. The number of carbonyl (C=O) groups is 1. The maximum atomic E-state index is 11.9. The van der Waals surface area contributed by atoms with E-state index in [1.165, 1.54) is 0 Å². The Morgan fingerprint density at radius 1 is 1.42 bits per heavy atom. The second-order valence-electron chi connectivity index (χ2n) is 4.34. The molecular weight excluding hydrogens is 262 g/mol. The van der Waals surface area contributed by atoms with Crippen LogP contribution in [-0.2, 0) is 19.3 Å². The summed E-state index contributed by atoms with van der Waals surface area (Å²) in [6.45, 7) is 1.60. The molecule has 0 saturated carbocycles. The molecule has 0 radical (unpaired) electrons. The smallest absolute Gasteiger partial charge is 0.371 e. The summed E-state index contributed by atoms with van der Waals surface area (Å²) in [5.74, 6) is -0.772. The van der Waals surface area contributed by atoms with Gasteiger partial charge in [0.15, 0.2) is 6.10 Å². The lowest BCUT2D eigenvalue weighted by molar-refractivity contribution is -0.398. The first-order chi connectivity index (χ1) is 8.93. The van der Waals surface area contributed by atoms with Gasteiger partial charge in [-0.1, -0.05) is 0 Å². The van der Waals surface area contributed by atoms with Gasteiger partial charge in [0.1, 0.15) is 0 Å². The van der Waals surface area contributed by atoms with E-state index >= 15 is 0 Å². The monoisotopic (exact) mass is 280 g/mol. The predicted octanol–water partition coefficient (Wildman–Crippen LogP) is 1.56. The lowest BCUT2D eigenvalue weighted by atomic mass is 10.1. The number of rotatable bonds is 7. The van der Waals surface area contributed by atoms with Gasteiger partial charge in [0.25, 0.3) is 0 Å². The topological polar surface area (TPSA) is 60.4 Å². The van der Waals surface area contributed by atoms with Gasteiger partial charge < -0.3 is 4.74 Å². The molecule has 8 heteroatoms. The number of hydrogen-bond acceptors (Lipinski definition) is 6. The second-order valence-corrected chi connectivity index (χ2v) is 4.34. The van der Waals surface area contributed by atoms with Crippen LogP contribution in [0.15, 0.2) is 5.10 Å². The Morgan fingerprint density at radius 3 is 2.58 bits per heavy atom. The predicted molar refractivity (Wildman–Crippen MR) is 62.5 cm³/mol. The van der Waals surface area contributed by atoms with E-state index in [-0.39, 0.29) is 12.5 Å². The van der Waals surface area contributed by atoms with Crippen molar-refractivity contribution in [1.29, 1.82) is 0 Å². The van der Waals surface area contributed by atoms with Crippen LogP contribution < -0.4 is 0 Å². The molecule has 1 aliphatic rings. The van der Waals surface area contributed by atoms with E-state index in [2.05, 4.69) is 19.6 Å². The minimum atomic E-state index is -3.11. The third-order valence-corrected chi connectivity index (χ3v) is 2.62. The molecule has 0 aromatic heterocycles. The lowest BCUT2D eigenvalue weighted by Gasteiger charge is -2.17. The number of ether oxygens (including phenoxy) is 1. The molecule has 110 valence electrons. The summed E-state index contributed by atoms with van der Waals surface area (Å²) >= 11 is 0. The Morgan fingerprint density at radius 2 is 2.11 bits per heavy atom. The van der Waals surface area contributed by atoms with E-state index in [4.69, 9.17) is 0 Å². The van der Waals surface area contributed by atoms with Gasteiger partial charge in [-0.05, 0) is 13.8 Å². The Kier molecular flexibility index (Phi) is 6.10. The van der Waals surface area contributed by atoms with Gasteiger partial charge >= 0.3 is 12.6 Å². The Labute approximate surface area is 110 Å². The first kappa shape index (κ1) is 15.8. The molecular formula is C11H18F2N2O4. The number of esters is 1. The summed E-state index contributed by atoms with van der Waals surface area (Å²) in [6, 6.07) is 0.243. The molecule has 0 bridgehead atoms. The molecule has 0 aromatic rings. The molecule has 0 spiro atoms. The molecule has 1 rings (SSSR count). The van der Waals surface area contributed by atoms with Crippen LogP contribution in [0.2, 0.25) is 0 Å². The number of hydrazone groups is 1. The minimum absolute atomic E-state index is 0.0720. The quantitative estimate of drug-likeness (QED) is 0.402. The van der Waals surface area contributed by atoms with Crippen molar-refractivity contribution in [2.45, 2.75) is 45.4 Å². The van der Waals surface area contributed by atoms with E-state index in [0.717, 1.165) is 13.7 Å². The maximum absolute atomic E-state index is 11.9. The van der Waals surface area contributed by atoms with Gasteiger partial charge in [0, 0.05) is 31.1 Å². The molecule has 0 aliphatic carbocycles. The van der Waals surface area contributed by atoms with Gasteiger partial charge in [-0.25, -0.2) is 9.68 Å². The number of alkyl halides is 2. The molecule has 1 aliphatic heterocycles. The maximum Gasteiger partial charge on any atom is 0.371 e. The van der Waals surface area contributed by atoms with Crippen LogP contribution >= 0.6 is 0 Å².